The van der Waals surface area contributed by atoms with Gasteiger partial charge in [-0.1, -0.05) is 13.8 Å². The summed E-state index contributed by atoms with van der Waals surface area (Å²) in [5.41, 5.74) is 7.31. The molecule has 6 nitrogen and oxygen atoms in total. The van der Waals surface area contributed by atoms with Gasteiger partial charge in [0.1, 0.15) is 4.90 Å². The monoisotopic (exact) mass is 336 g/mol. The molecule has 2 rings (SSSR count). The summed E-state index contributed by atoms with van der Waals surface area (Å²) in [6.45, 7) is 4.91. The zero-order valence-corrected chi connectivity index (χ0v) is 14.5. The van der Waals surface area contributed by atoms with Crippen molar-refractivity contribution < 1.29 is 8.42 Å². The number of hydrogen-bond acceptors (Lipinski definition) is 4. The number of hydrogen-bond donors (Lipinski definition) is 1. The van der Waals surface area contributed by atoms with E-state index >= 15 is 0 Å². The Balaban J connectivity index is 0.00000220. The van der Waals surface area contributed by atoms with E-state index in [1.807, 2.05) is 20.9 Å². The Morgan fingerprint density at radius 3 is 2.29 bits per heavy atom. The van der Waals surface area contributed by atoms with Crippen molar-refractivity contribution in [1.82, 2.24) is 14.1 Å². The Morgan fingerprint density at radius 1 is 1.24 bits per heavy atom. The van der Waals surface area contributed by atoms with Crippen molar-refractivity contribution in [2.75, 3.05) is 13.1 Å². The number of aryl methyl sites for hydroxylation is 2. The van der Waals surface area contributed by atoms with Crippen LogP contribution in [0.1, 0.15) is 38.1 Å². The normalized spacial score (nSPS) is 17.7. The van der Waals surface area contributed by atoms with Gasteiger partial charge in [0.25, 0.3) is 0 Å². The maximum Gasteiger partial charge on any atom is 0.246 e. The second-order valence-corrected chi connectivity index (χ2v) is 7.17. The van der Waals surface area contributed by atoms with E-state index in [0.717, 1.165) is 18.5 Å². The highest BCUT2D eigenvalue weighted by molar-refractivity contribution is 7.89. The minimum atomic E-state index is -3.46. The van der Waals surface area contributed by atoms with Crippen molar-refractivity contribution in [1.29, 1.82) is 0 Å². The van der Waals surface area contributed by atoms with E-state index in [2.05, 4.69) is 5.10 Å². The minimum Gasteiger partial charge on any atom is -0.328 e. The van der Waals surface area contributed by atoms with Crippen molar-refractivity contribution in [3.05, 3.63) is 11.4 Å². The third kappa shape index (κ3) is 3.41. The largest absolute Gasteiger partial charge is 0.328 e. The summed E-state index contributed by atoms with van der Waals surface area (Å²) in [7, 11) is -1.65. The molecule has 0 amide bonds. The fraction of sp³-hybridized carbons (Fsp3) is 0.769. The number of aromatic nitrogens is 2. The molecule has 0 atom stereocenters. The average Bonchev–Trinajstić information content (AvgIpc) is 2.76. The lowest BCUT2D eigenvalue weighted by molar-refractivity contribution is 0.319. The molecule has 0 bridgehead atoms. The molecule has 1 aromatic rings. The van der Waals surface area contributed by atoms with Gasteiger partial charge in [0.05, 0.1) is 11.4 Å². The highest BCUT2D eigenvalue weighted by Gasteiger charge is 2.33. The zero-order valence-electron chi connectivity index (χ0n) is 12.9. The molecule has 0 unspecified atom stereocenters. The molecule has 0 aliphatic carbocycles. The summed E-state index contributed by atoms with van der Waals surface area (Å²) >= 11 is 0. The first-order chi connectivity index (χ1) is 9.41. The second kappa shape index (κ2) is 7.09. The van der Waals surface area contributed by atoms with Crippen LogP contribution in [0.15, 0.2) is 4.90 Å². The number of rotatable bonds is 4. The van der Waals surface area contributed by atoms with Crippen LogP contribution in [-0.2, 0) is 29.9 Å². The molecule has 1 aliphatic heterocycles. The third-order valence-electron chi connectivity index (χ3n) is 3.95. The van der Waals surface area contributed by atoms with Crippen molar-refractivity contribution >= 4 is 22.4 Å². The SMILES string of the molecule is CCc1nn(C)c(CC)c1S(=O)(=O)N1CCC(N)CC1.Cl. The van der Waals surface area contributed by atoms with Crippen molar-refractivity contribution in [2.24, 2.45) is 12.8 Å². The highest BCUT2D eigenvalue weighted by Crippen LogP contribution is 2.27. The molecule has 1 fully saturated rings. The molecule has 21 heavy (non-hydrogen) atoms. The van der Waals surface area contributed by atoms with Gasteiger partial charge in [-0.05, 0) is 25.7 Å². The zero-order chi connectivity index (χ0) is 14.9. The molecule has 0 spiro atoms. The quantitative estimate of drug-likeness (QED) is 0.892. The Hall–Kier alpha value is -0.630. The lowest BCUT2D eigenvalue weighted by Gasteiger charge is -2.29. The fourth-order valence-corrected chi connectivity index (χ4v) is 4.77. The fourth-order valence-electron chi connectivity index (χ4n) is 2.76. The van der Waals surface area contributed by atoms with E-state index in [4.69, 9.17) is 5.73 Å². The van der Waals surface area contributed by atoms with Gasteiger partial charge in [-0.3, -0.25) is 4.68 Å². The Bertz CT molecular complexity index is 577. The van der Waals surface area contributed by atoms with E-state index < -0.39 is 10.0 Å². The van der Waals surface area contributed by atoms with Gasteiger partial charge in [-0.15, -0.1) is 12.4 Å². The van der Waals surface area contributed by atoms with Crippen LogP contribution in [0.3, 0.4) is 0 Å². The highest BCUT2D eigenvalue weighted by atomic mass is 35.5. The molecule has 1 saturated heterocycles. The number of halogens is 1. The molecular formula is C13H25ClN4O2S. The van der Waals surface area contributed by atoms with Crippen LogP contribution >= 0.6 is 12.4 Å². The smallest absolute Gasteiger partial charge is 0.246 e. The van der Waals surface area contributed by atoms with Crippen LogP contribution in [0, 0.1) is 0 Å². The predicted molar refractivity (Wildman–Crippen MR) is 85.2 cm³/mol. The molecule has 2 heterocycles. The number of nitrogens with zero attached hydrogens (tertiary/aromatic N) is 3. The lowest BCUT2D eigenvalue weighted by Crippen LogP contribution is -2.43. The maximum atomic E-state index is 12.9. The van der Waals surface area contributed by atoms with E-state index in [-0.39, 0.29) is 18.4 Å². The minimum absolute atomic E-state index is 0. The van der Waals surface area contributed by atoms with E-state index in [1.54, 1.807) is 8.99 Å². The molecule has 0 saturated carbocycles. The van der Waals surface area contributed by atoms with E-state index in [0.29, 0.717) is 36.5 Å². The van der Waals surface area contributed by atoms with Gasteiger partial charge in [0, 0.05) is 26.2 Å². The number of sulfonamides is 1. The van der Waals surface area contributed by atoms with Crippen LogP contribution in [0.5, 0.6) is 0 Å². The summed E-state index contributed by atoms with van der Waals surface area (Å²) in [4.78, 5) is 0.417. The number of piperidine rings is 1. The molecule has 0 radical (unpaired) electrons. The van der Waals surface area contributed by atoms with Crippen LogP contribution in [0.2, 0.25) is 0 Å². The van der Waals surface area contributed by atoms with Crippen molar-refractivity contribution in [2.45, 2.75) is 50.5 Å². The van der Waals surface area contributed by atoms with E-state index in [9.17, 15) is 8.42 Å². The standard InChI is InChI=1S/C13H24N4O2S.ClH/c1-4-11-13(12(5-2)16(3)15-11)20(18,19)17-8-6-10(14)7-9-17;/h10H,4-9,14H2,1-3H3;1H. The topological polar surface area (TPSA) is 81.2 Å². The maximum absolute atomic E-state index is 12.9. The molecule has 8 heteroatoms. The summed E-state index contributed by atoms with van der Waals surface area (Å²) < 4.78 is 29.1. The molecule has 122 valence electrons. The molecular weight excluding hydrogens is 312 g/mol. The predicted octanol–water partition coefficient (Wildman–Crippen LogP) is 1.08. The number of nitrogens with two attached hydrogens (primary N) is 1. The Kier molecular flexibility index (Phi) is 6.22. The van der Waals surface area contributed by atoms with Gasteiger partial charge in [0.15, 0.2) is 0 Å². The van der Waals surface area contributed by atoms with Gasteiger partial charge in [-0.2, -0.15) is 9.40 Å². The molecule has 1 aromatic heterocycles. The van der Waals surface area contributed by atoms with E-state index in [1.165, 1.54) is 0 Å². The summed E-state index contributed by atoms with van der Waals surface area (Å²) in [5, 5.41) is 4.36. The average molecular weight is 337 g/mol. The lowest BCUT2D eigenvalue weighted by atomic mass is 10.1. The van der Waals surface area contributed by atoms with Gasteiger partial charge < -0.3 is 5.73 Å². The van der Waals surface area contributed by atoms with Crippen LogP contribution in [0.4, 0.5) is 0 Å². The molecule has 2 N–H and O–H groups in total. The van der Waals surface area contributed by atoms with Gasteiger partial charge in [-0.25, -0.2) is 8.42 Å². The van der Waals surface area contributed by atoms with Crippen molar-refractivity contribution in [3.8, 4) is 0 Å². The van der Waals surface area contributed by atoms with Crippen LogP contribution < -0.4 is 5.73 Å². The third-order valence-corrected chi connectivity index (χ3v) is 5.98. The Morgan fingerprint density at radius 2 is 1.81 bits per heavy atom. The van der Waals surface area contributed by atoms with Gasteiger partial charge in [0.2, 0.25) is 10.0 Å². The second-order valence-electron chi connectivity index (χ2n) is 5.29. The molecule has 0 aromatic carbocycles. The van der Waals surface area contributed by atoms with Crippen LogP contribution in [0.25, 0.3) is 0 Å². The summed E-state index contributed by atoms with van der Waals surface area (Å²) in [6.07, 6.45) is 2.73. The first-order valence-corrected chi connectivity index (χ1v) is 8.66. The van der Waals surface area contributed by atoms with Gasteiger partial charge >= 0.3 is 0 Å². The summed E-state index contributed by atoms with van der Waals surface area (Å²) in [6, 6.07) is 0.117. The summed E-state index contributed by atoms with van der Waals surface area (Å²) in [5.74, 6) is 0. The van der Waals surface area contributed by atoms with Crippen LogP contribution in [-0.4, -0.2) is 41.6 Å². The Labute approximate surface area is 133 Å². The van der Waals surface area contributed by atoms with Crippen molar-refractivity contribution in [3.63, 3.8) is 0 Å². The molecule has 1 aliphatic rings. The first-order valence-electron chi connectivity index (χ1n) is 7.22. The first kappa shape index (κ1) is 18.4.